The van der Waals surface area contributed by atoms with Crippen LogP contribution in [0.5, 0.6) is 0 Å². The van der Waals surface area contributed by atoms with Gasteiger partial charge < -0.3 is 0 Å². The number of anilines is 1. The number of carbonyl (C=O) groups excluding carboxylic acids is 2. The van der Waals surface area contributed by atoms with E-state index in [0.29, 0.717) is 0 Å². The monoisotopic (exact) mass is 321 g/mol. The number of amides is 2. The minimum atomic E-state index is -0.0140. The normalized spacial score (nSPS) is 26.2. The van der Waals surface area contributed by atoms with Gasteiger partial charge in [-0.15, -0.1) is 0 Å². The molecule has 1 aliphatic heterocycles. The fourth-order valence-electron chi connectivity index (χ4n) is 3.21. The number of nitrogens with zero attached hydrogens (tertiary/aromatic N) is 1. The maximum Gasteiger partial charge on any atom is 0.236 e. The van der Waals surface area contributed by atoms with E-state index in [4.69, 9.17) is 0 Å². The average Bonchev–Trinajstić information content (AvgIpc) is 2.81. The lowest BCUT2D eigenvalue weighted by Gasteiger charge is -2.30. The first-order chi connectivity index (χ1) is 8.99. The molecule has 2 amide bonds. The summed E-state index contributed by atoms with van der Waals surface area (Å²) in [4.78, 5) is 26.2. The molecule has 1 aromatic carbocycles. The van der Waals surface area contributed by atoms with Gasteiger partial charge >= 0.3 is 0 Å². The predicted octanol–water partition coefficient (Wildman–Crippen LogP) is 3.36. The lowest BCUT2D eigenvalue weighted by atomic mass is 9.96. The highest BCUT2D eigenvalue weighted by Crippen LogP contribution is 2.40. The first-order valence-electron chi connectivity index (χ1n) is 6.63. The van der Waals surface area contributed by atoms with Crippen molar-refractivity contribution in [3.8, 4) is 0 Å². The highest BCUT2D eigenvalue weighted by molar-refractivity contribution is 9.10. The molecule has 1 heterocycles. The quantitative estimate of drug-likeness (QED) is 0.744. The number of benzene rings is 1. The molecule has 0 N–H and O–H groups in total. The molecule has 2 aliphatic rings. The van der Waals surface area contributed by atoms with Crippen molar-refractivity contribution in [2.45, 2.75) is 33.1 Å². The van der Waals surface area contributed by atoms with Crippen LogP contribution in [0.15, 0.2) is 16.6 Å². The van der Waals surface area contributed by atoms with Gasteiger partial charge in [0.05, 0.1) is 5.69 Å². The Balaban J connectivity index is 2.06. The summed E-state index contributed by atoms with van der Waals surface area (Å²) >= 11 is 3.52. The van der Waals surface area contributed by atoms with Crippen molar-refractivity contribution < 1.29 is 9.59 Å². The Kier molecular flexibility index (Phi) is 3.01. The van der Waals surface area contributed by atoms with Crippen molar-refractivity contribution in [1.82, 2.24) is 0 Å². The van der Waals surface area contributed by atoms with Crippen molar-refractivity contribution in [3.05, 3.63) is 27.7 Å². The SMILES string of the molecule is Cc1cc(N2C(=O)C3CCC(C3)C2=O)cc(C)c1Br. The van der Waals surface area contributed by atoms with E-state index in [1.807, 2.05) is 26.0 Å². The van der Waals surface area contributed by atoms with Crippen molar-refractivity contribution in [1.29, 1.82) is 0 Å². The van der Waals surface area contributed by atoms with E-state index in [1.165, 1.54) is 4.90 Å². The Morgan fingerprint density at radius 2 is 1.53 bits per heavy atom. The van der Waals surface area contributed by atoms with Gasteiger partial charge in [0.2, 0.25) is 11.8 Å². The van der Waals surface area contributed by atoms with Crippen molar-refractivity contribution >= 4 is 33.4 Å². The number of aryl methyl sites for hydroxylation is 2. The summed E-state index contributed by atoms with van der Waals surface area (Å²) in [6, 6.07) is 3.83. The molecule has 1 aromatic rings. The van der Waals surface area contributed by atoms with Crippen LogP contribution in [-0.4, -0.2) is 11.8 Å². The summed E-state index contributed by atoms with van der Waals surface area (Å²) in [6.45, 7) is 3.96. The van der Waals surface area contributed by atoms with Crippen molar-refractivity contribution in [2.75, 3.05) is 4.90 Å². The number of piperidine rings is 1. The minimum Gasteiger partial charge on any atom is -0.274 e. The minimum absolute atomic E-state index is 0.0140. The zero-order valence-corrected chi connectivity index (χ0v) is 12.7. The van der Waals surface area contributed by atoms with Crippen LogP contribution in [0.1, 0.15) is 30.4 Å². The molecule has 0 spiro atoms. The predicted molar refractivity (Wildman–Crippen MR) is 76.9 cm³/mol. The summed E-state index contributed by atoms with van der Waals surface area (Å²) in [6.07, 6.45) is 2.48. The maximum absolute atomic E-state index is 12.4. The molecule has 2 atom stereocenters. The van der Waals surface area contributed by atoms with E-state index in [9.17, 15) is 9.59 Å². The topological polar surface area (TPSA) is 37.4 Å². The molecule has 100 valence electrons. The molecule has 1 aliphatic carbocycles. The van der Waals surface area contributed by atoms with E-state index in [1.54, 1.807) is 0 Å². The van der Waals surface area contributed by atoms with Gasteiger partial charge in [0.1, 0.15) is 0 Å². The van der Waals surface area contributed by atoms with Gasteiger partial charge in [-0.05, 0) is 56.4 Å². The molecule has 3 rings (SSSR count). The Hall–Kier alpha value is -1.16. The molecule has 4 heteroatoms. The highest BCUT2D eigenvalue weighted by Gasteiger charge is 2.45. The van der Waals surface area contributed by atoms with Crippen LogP contribution in [0, 0.1) is 25.7 Å². The first kappa shape index (κ1) is 12.9. The van der Waals surface area contributed by atoms with E-state index in [-0.39, 0.29) is 23.7 Å². The van der Waals surface area contributed by atoms with Crippen LogP contribution < -0.4 is 4.90 Å². The van der Waals surface area contributed by atoms with Gasteiger partial charge in [-0.2, -0.15) is 0 Å². The van der Waals surface area contributed by atoms with Gasteiger partial charge in [-0.3, -0.25) is 14.5 Å². The van der Waals surface area contributed by atoms with Crippen LogP contribution in [0.25, 0.3) is 0 Å². The van der Waals surface area contributed by atoms with Gasteiger partial charge in [0.25, 0.3) is 0 Å². The molecule has 1 saturated carbocycles. The summed E-state index contributed by atoms with van der Waals surface area (Å²) in [5.41, 5.74) is 2.83. The number of rotatable bonds is 1. The average molecular weight is 322 g/mol. The van der Waals surface area contributed by atoms with Gasteiger partial charge in [0.15, 0.2) is 0 Å². The summed E-state index contributed by atoms with van der Waals surface area (Å²) in [5.74, 6) is 0.0682. The molecule has 2 fully saturated rings. The summed E-state index contributed by atoms with van der Waals surface area (Å²) in [7, 11) is 0. The number of imide groups is 1. The zero-order chi connectivity index (χ0) is 13.7. The number of hydrogen-bond donors (Lipinski definition) is 0. The Labute approximate surface area is 121 Å². The molecular formula is C15H16BrNO2. The molecular weight excluding hydrogens is 306 g/mol. The number of hydrogen-bond acceptors (Lipinski definition) is 2. The second-order valence-electron chi connectivity index (χ2n) is 5.61. The van der Waals surface area contributed by atoms with E-state index in [0.717, 1.165) is 40.5 Å². The largest absolute Gasteiger partial charge is 0.274 e. The van der Waals surface area contributed by atoms with Gasteiger partial charge in [-0.1, -0.05) is 15.9 Å². The van der Waals surface area contributed by atoms with Gasteiger partial charge in [-0.25, -0.2) is 0 Å². The van der Waals surface area contributed by atoms with Crippen molar-refractivity contribution in [3.63, 3.8) is 0 Å². The highest BCUT2D eigenvalue weighted by atomic mass is 79.9. The van der Waals surface area contributed by atoms with Crippen LogP contribution >= 0.6 is 15.9 Å². The summed E-state index contributed by atoms with van der Waals surface area (Å²) in [5, 5.41) is 0. The fourth-order valence-corrected chi connectivity index (χ4v) is 3.44. The second-order valence-corrected chi connectivity index (χ2v) is 6.41. The lowest BCUT2D eigenvalue weighted by molar-refractivity contribution is -0.132. The molecule has 2 bridgehead atoms. The van der Waals surface area contributed by atoms with Crippen LogP contribution in [0.2, 0.25) is 0 Å². The summed E-state index contributed by atoms with van der Waals surface area (Å²) < 4.78 is 1.04. The Morgan fingerprint density at radius 1 is 1.05 bits per heavy atom. The molecule has 1 saturated heterocycles. The standard InChI is InChI=1S/C15H16BrNO2/c1-8-5-12(6-9(2)13(8)16)17-14(18)10-3-4-11(7-10)15(17)19/h5-6,10-11H,3-4,7H2,1-2H3. The second kappa shape index (κ2) is 4.44. The third-order valence-electron chi connectivity index (χ3n) is 4.25. The van der Waals surface area contributed by atoms with Crippen LogP contribution in [-0.2, 0) is 9.59 Å². The zero-order valence-electron chi connectivity index (χ0n) is 11.1. The Bertz CT molecular complexity index is 537. The Morgan fingerprint density at radius 3 is 2.00 bits per heavy atom. The molecule has 19 heavy (non-hydrogen) atoms. The molecule has 0 aromatic heterocycles. The molecule has 0 radical (unpaired) electrons. The third kappa shape index (κ3) is 1.93. The number of halogens is 1. The third-order valence-corrected chi connectivity index (χ3v) is 5.50. The smallest absolute Gasteiger partial charge is 0.236 e. The van der Waals surface area contributed by atoms with Crippen LogP contribution in [0.4, 0.5) is 5.69 Å². The lowest BCUT2D eigenvalue weighted by Crippen LogP contribution is -2.46. The number of carbonyl (C=O) groups is 2. The van der Waals surface area contributed by atoms with E-state index < -0.39 is 0 Å². The molecule has 3 nitrogen and oxygen atoms in total. The van der Waals surface area contributed by atoms with E-state index >= 15 is 0 Å². The first-order valence-corrected chi connectivity index (χ1v) is 7.43. The number of fused-ring (bicyclic) bond motifs is 2. The van der Waals surface area contributed by atoms with E-state index in [2.05, 4.69) is 15.9 Å². The fraction of sp³-hybridized carbons (Fsp3) is 0.467. The van der Waals surface area contributed by atoms with Gasteiger partial charge in [0, 0.05) is 16.3 Å². The van der Waals surface area contributed by atoms with Crippen molar-refractivity contribution in [2.24, 2.45) is 11.8 Å². The molecule has 2 unspecified atom stereocenters. The van der Waals surface area contributed by atoms with Crippen LogP contribution in [0.3, 0.4) is 0 Å². The maximum atomic E-state index is 12.4.